The van der Waals surface area contributed by atoms with Crippen LogP contribution >= 0.6 is 0 Å². The summed E-state index contributed by atoms with van der Waals surface area (Å²) in [5.74, 6) is 3.58. The predicted octanol–water partition coefficient (Wildman–Crippen LogP) is 5.57. The third kappa shape index (κ3) is 6.28. The number of hydrogen-bond donors (Lipinski definition) is 0. The van der Waals surface area contributed by atoms with E-state index in [0.29, 0.717) is 12.8 Å². The smallest absolute Gasteiger partial charge is 0.158 e. The van der Waals surface area contributed by atoms with Crippen molar-refractivity contribution in [2.24, 2.45) is 17.3 Å². The number of terminal acetylenes is 1. The van der Waals surface area contributed by atoms with E-state index in [2.05, 4.69) is 25.0 Å². The van der Waals surface area contributed by atoms with Gasteiger partial charge in [0.25, 0.3) is 0 Å². The maximum Gasteiger partial charge on any atom is 0.158 e. The molecule has 0 aromatic heterocycles. The normalized spacial score (nSPS) is 37.8. The third-order valence-corrected chi connectivity index (χ3v) is 7.99. The van der Waals surface area contributed by atoms with Gasteiger partial charge in [-0.15, -0.1) is 6.42 Å². The van der Waals surface area contributed by atoms with Gasteiger partial charge in [0.05, 0.1) is 12.2 Å². The minimum absolute atomic E-state index is 0.0132. The fourth-order valence-corrected chi connectivity index (χ4v) is 6.18. The quantitative estimate of drug-likeness (QED) is 0.244. The van der Waals surface area contributed by atoms with Crippen LogP contribution in [0.25, 0.3) is 0 Å². The Morgan fingerprint density at radius 2 is 1.91 bits per heavy atom. The van der Waals surface area contributed by atoms with Crippen LogP contribution in [0.2, 0.25) is 0 Å². The number of ketones is 1. The monoisotopic (exact) mass is 458 g/mol. The molecule has 4 rings (SSSR count). The van der Waals surface area contributed by atoms with Crippen LogP contribution in [0, 0.1) is 29.6 Å². The van der Waals surface area contributed by atoms with Crippen LogP contribution < -0.4 is 0 Å². The first kappa shape index (κ1) is 24.9. The van der Waals surface area contributed by atoms with Crippen molar-refractivity contribution in [3.63, 3.8) is 0 Å². The molecular formula is C28H42O5. The molecule has 2 aliphatic heterocycles. The van der Waals surface area contributed by atoms with Gasteiger partial charge in [0.15, 0.2) is 12.6 Å². The van der Waals surface area contributed by atoms with Crippen molar-refractivity contribution in [2.75, 3.05) is 13.2 Å². The molecule has 0 amide bonds. The number of fused-ring (bicyclic) bond motifs is 1. The summed E-state index contributed by atoms with van der Waals surface area (Å²) in [5, 5.41) is 0. The Balaban J connectivity index is 1.48. The van der Waals surface area contributed by atoms with Gasteiger partial charge in [-0.2, -0.15) is 0 Å². The maximum atomic E-state index is 12.4. The van der Waals surface area contributed by atoms with Gasteiger partial charge in [-0.1, -0.05) is 44.3 Å². The van der Waals surface area contributed by atoms with Gasteiger partial charge in [0.1, 0.15) is 5.78 Å². The van der Waals surface area contributed by atoms with Crippen molar-refractivity contribution in [2.45, 2.75) is 115 Å². The van der Waals surface area contributed by atoms with Gasteiger partial charge in [-0.05, 0) is 57.3 Å². The van der Waals surface area contributed by atoms with E-state index >= 15 is 0 Å². The zero-order valence-corrected chi connectivity index (χ0v) is 20.3. The van der Waals surface area contributed by atoms with Gasteiger partial charge in [0, 0.05) is 37.4 Å². The van der Waals surface area contributed by atoms with Crippen molar-refractivity contribution in [1.82, 2.24) is 0 Å². The Bertz CT molecular complexity index is 700. The van der Waals surface area contributed by atoms with Crippen LogP contribution in [0.15, 0.2) is 12.2 Å². The van der Waals surface area contributed by atoms with Crippen LogP contribution in [0.4, 0.5) is 0 Å². The highest BCUT2D eigenvalue weighted by Crippen LogP contribution is 2.57. The summed E-state index contributed by atoms with van der Waals surface area (Å²) in [6.07, 6.45) is 22.9. The molecule has 184 valence electrons. The van der Waals surface area contributed by atoms with Crippen molar-refractivity contribution >= 4 is 5.78 Å². The molecule has 5 nitrogen and oxygen atoms in total. The SMILES string of the molecule is C#C[C@@]12CC(=O)C[C@@H]1[C@@H](C=C[C@H](CCCCC)OC1CCCCO1)[C@H](OC1CCCCO1)C2. The van der Waals surface area contributed by atoms with Gasteiger partial charge in [-0.3, -0.25) is 4.79 Å². The summed E-state index contributed by atoms with van der Waals surface area (Å²) in [4.78, 5) is 12.4. The molecule has 2 aliphatic carbocycles. The van der Waals surface area contributed by atoms with Crippen LogP contribution in [0.5, 0.6) is 0 Å². The molecule has 0 spiro atoms. The van der Waals surface area contributed by atoms with E-state index in [4.69, 9.17) is 25.4 Å². The lowest BCUT2D eigenvalue weighted by Crippen LogP contribution is -2.31. The molecule has 2 unspecified atom stereocenters. The van der Waals surface area contributed by atoms with Crippen LogP contribution in [-0.2, 0) is 23.7 Å². The Kier molecular flexibility index (Phi) is 9.04. The Hall–Kier alpha value is -1.19. The largest absolute Gasteiger partial charge is 0.353 e. The van der Waals surface area contributed by atoms with Gasteiger partial charge >= 0.3 is 0 Å². The summed E-state index contributed by atoms with van der Waals surface area (Å²) in [7, 11) is 0. The molecule has 4 aliphatic rings. The molecule has 33 heavy (non-hydrogen) atoms. The molecular weight excluding hydrogens is 416 g/mol. The lowest BCUT2D eigenvalue weighted by Gasteiger charge is -2.29. The first-order valence-corrected chi connectivity index (χ1v) is 13.4. The highest BCUT2D eigenvalue weighted by Gasteiger charge is 2.57. The minimum Gasteiger partial charge on any atom is -0.353 e. The van der Waals surface area contributed by atoms with E-state index < -0.39 is 0 Å². The summed E-state index contributed by atoms with van der Waals surface area (Å²) < 4.78 is 24.6. The molecule has 2 saturated heterocycles. The first-order chi connectivity index (χ1) is 16.1. The number of ether oxygens (including phenoxy) is 4. The Labute approximate surface area is 199 Å². The molecule has 0 aromatic carbocycles. The van der Waals surface area contributed by atoms with E-state index in [1.165, 1.54) is 12.8 Å². The van der Waals surface area contributed by atoms with Gasteiger partial charge < -0.3 is 18.9 Å². The molecule has 2 heterocycles. The van der Waals surface area contributed by atoms with Crippen LogP contribution in [0.1, 0.15) is 90.4 Å². The zero-order chi connectivity index (χ0) is 23.1. The summed E-state index contributed by atoms with van der Waals surface area (Å²) in [6, 6.07) is 0. The molecule has 0 aromatic rings. The van der Waals surface area contributed by atoms with Crippen LogP contribution in [0.3, 0.4) is 0 Å². The van der Waals surface area contributed by atoms with E-state index in [1.807, 2.05) is 0 Å². The van der Waals surface area contributed by atoms with Crippen LogP contribution in [-0.4, -0.2) is 43.8 Å². The number of Topliss-reactive ketones (excluding diaryl/α,β-unsaturated/α-hetero) is 1. The fraction of sp³-hybridized carbons (Fsp3) is 0.821. The average molecular weight is 459 g/mol. The Morgan fingerprint density at radius 1 is 1.15 bits per heavy atom. The number of unbranched alkanes of at least 4 members (excludes halogenated alkanes) is 2. The van der Waals surface area contributed by atoms with E-state index in [0.717, 1.165) is 71.0 Å². The minimum atomic E-state index is -0.379. The standard InChI is InChI=1S/C28H42O5/c1-3-5-6-11-22(32-26-12-7-9-16-30-26)14-15-23-24-18-21(29)19-28(24,4-2)20-25(23)33-27-13-8-10-17-31-27/h2,14-15,22-27H,3,5-13,16-20H2,1H3/t22-,23+,24+,25+,26?,27?,28-/m0/s1. The second-order valence-corrected chi connectivity index (χ2v) is 10.4. The van der Waals surface area contributed by atoms with Gasteiger partial charge in [0.2, 0.25) is 0 Å². The molecule has 0 bridgehead atoms. The zero-order valence-electron chi connectivity index (χ0n) is 20.3. The van der Waals surface area contributed by atoms with Crippen molar-refractivity contribution in [3.8, 4) is 12.3 Å². The number of carbonyl (C=O) groups is 1. The molecule has 4 fully saturated rings. The molecule has 7 atom stereocenters. The van der Waals surface area contributed by atoms with E-state index in [9.17, 15) is 4.79 Å². The molecule has 0 radical (unpaired) electrons. The van der Waals surface area contributed by atoms with E-state index in [-0.39, 0.29) is 47.8 Å². The summed E-state index contributed by atoms with van der Waals surface area (Å²) in [5.41, 5.74) is -0.379. The van der Waals surface area contributed by atoms with Crippen molar-refractivity contribution < 1.29 is 23.7 Å². The van der Waals surface area contributed by atoms with Crippen molar-refractivity contribution in [3.05, 3.63) is 12.2 Å². The van der Waals surface area contributed by atoms with Crippen molar-refractivity contribution in [1.29, 1.82) is 0 Å². The third-order valence-electron chi connectivity index (χ3n) is 7.99. The second-order valence-electron chi connectivity index (χ2n) is 10.4. The molecule has 2 saturated carbocycles. The van der Waals surface area contributed by atoms with E-state index in [1.54, 1.807) is 0 Å². The lowest BCUT2D eigenvalue weighted by atomic mass is 9.79. The molecule has 5 heteroatoms. The number of carbonyl (C=O) groups excluding carboxylic acids is 1. The second kappa shape index (κ2) is 12.0. The fourth-order valence-electron chi connectivity index (χ4n) is 6.18. The number of rotatable bonds is 10. The maximum absolute atomic E-state index is 12.4. The average Bonchev–Trinajstić information content (AvgIpc) is 3.29. The summed E-state index contributed by atoms with van der Waals surface area (Å²) in [6.45, 7) is 3.76. The topological polar surface area (TPSA) is 54.0 Å². The molecule has 0 N–H and O–H groups in total. The number of hydrogen-bond acceptors (Lipinski definition) is 5. The Morgan fingerprint density at radius 3 is 2.58 bits per heavy atom. The first-order valence-electron chi connectivity index (χ1n) is 13.4. The highest BCUT2D eigenvalue weighted by atomic mass is 16.7. The van der Waals surface area contributed by atoms with Gasteiger partial charge in [-0.25, -0.2) is 0 Å². The highest BCUT2D eigenvalue weighted by molar-refractivity contribution is 5.83. The lowest BCUT2D eigenvalue weighted by molar-refractivity contribution is -0.193. The summed E-state index contributed by atoms with van der Waals surface area (Å²) >= 11 is 0. The predicted molar refractivity (Wildman–Crippen MR) is 127 cm³/mol.